The first-order valence-corrected chi connectivity index (χ1v) is 34.0. The fourth-order valence-electron chi connectivity index (χ4n) is 8.97. The lowest BCUT2D eigenvalue weighted by Gasteiger charge is -2.18. The molecule has 1 unspecified atom stereocenters. The standard InChI is InChI=1S/C77H124O6/c1-4-7-10-13-16-19-22-25-27-29-31-32-33-34-35-36-37-38-39-40-41-42-43-44-46-47-49-52-55-58-61-64-67-70-76(79)82-73-74(72-81-75(78)69-66-63-60-57-54-51-24-21-18-15-12-9-6-3)83-77(80)71-68-65-62-59-56-53-50-48-45-30-28-26-23-20-17-14-11-8-5-2/h7-8,10-11,16-17,19-21,24-28,31-32,34-35,37-38,40-41,45,48,53,56,74H,4-6,9,12-15,18,22-23,29-30,33,36,39,42-44,46-47,49-52,54-55,57-73H2,1-3H3/b10-7-,11-8-,19-16-,20-17-,24-21-,27-25-,28-26-,32-31-,35-34-,38-37-,41-40-,48-45-,56-53-. The van der Waals surface area contributed by atoms with E-state index in [2.05, 4.69) is 179 Å². The largest absolute Gasteiger partial charge is 0.462 e. The second-order valence-corrected chi connectivity index (χ2v) is 22.0. The number of esters is 3. The molecule has 0 saturated heterocycles. The number of carbonyl (C=O) groups excluding carboxylic acids is 3. The van der Waals surface area contributed by atoms with Gasteiger partial charge in [0.1, 0.15) is 13.2 Å². The molecule has 0 fully saturated rings. The highest BCUT2D eigenvalue weighted by molar-refractivity contribution is 5.71. The fraction of sp³-hybridized carbons (Fsp3) is 0.623. The summed E-state index contributed by atoms with van der Waals surface area (Å²) < 4.78 is 16.9. The van der Waals surface area contributed by atoms with Gasteiger partial charge in [0.05, 0.1) is 0 Å². The van der Waals surface area contributed by atoms with Gasteiger partial charge in [0.15, 0.2) is 6.10 Å². The molecular weight excluding hydrogens is 1020 g/mol. The van der Waals surface area contributed by atoms with Gasteiger partial charge in [-0.2, -0.15) is 0 Å². The maximum Gasteiger partial charge on any atom is 0.306 e. The molecular formula is C77H124O6. The fourth-order valence-corrected chi connectivity index (χ4v) is 8.97. The van der Waals surface area contributed by atoms with Crippen LogP contribution in [0, 0.1) is 0 Å². The topological polar surface area (TPSA) is 78.9 Å². The Morgan fingerprint density at radius 3 is 0.759 bits per heavy atom. The molecule has 0 aliphatic heterocycles. The van der Waals surface area contributed by atoms with Crippen LogP contribution in [0.15, 0.2) is 158 Å². The van der Waals surface area contributed by atoms with Crippen LogP contribution >= 0.6 is 0 Å². The summed E-state index contributed by atoms with van der Waals surface area (Å²) in [4.78, 5) is 38.3. The summed E-state index contributed by atoms with van der Waals surface area (Å²) in [7, 11) is 0. The van der Waals surface area contributed by atoms with Crippen LogP contribution in [0.25, 0.3) is 0 Å². The van der Waals surface area contributed by atoms with E-state index in [1.165, 1.54) is 96.3 Å². The Balaban J connectivity index is 4.32. The summed E-state index contributed by atoms with van der Waals surface area (Å²) in [5, 5.41) is 0. The number of ether oxygens (including phenoxy) is 3. The molecule has 6 nitrogen and oxygen atoms in total. The number of hydrogen-bond acceptors (Lipinski definition) is 6. The zero-order chi connectivity index (χ0) is 59.9. The number of carbonyl (C=O) groups is 3. The third-order valence-electron chi connectivity index (χ3n) is 14.0. The Morgan fingerprint density at radius 1 is 0.253 bits per heavy atom. The second-order valence-electron chi connectivity index (χ2n) is 22.0. The Bertz CT molecular complexity index is 1840. The Morgan fingerprint density at radius 2 is 0.470 bits per heavy atom. The van der Waals surface area contributed by atoms with E-state index >= 15 is 0 Å². The number of allylic oxidation sites excluding steroid dienone is 26. The van der Waals surface area contributed by atoms with Crippen LogP contribution < -0.4 is 0 Å². The highest BCUT2D eigenvalue weighted by atomic mass is 16.6. The van der Waals surface area contributed by atoms with Crippen LogP contribution in [0.3, 0.4) is 0 Å². The van der Waals surface area contributed by atoms with Crippen molar-refractivity contribution in [3.8, 4) is 0 Å². The minimum absolute atomic E-state index is 0.100. The van der Waals surface area contributed by atoms with Crippen molar-refractivity contribution >= 4 is 17.9 Å². The first kappa shape index (κ1) is 78.0. The van der Waals surface area contributed by atoms with Gasteiger partial charge in [-0.05, 0) is 148 Å². The van der Waals surface area contributed by atoms with Crippen molar-refractivity contribution in [2.24, 2.45) is 0 Å². The lowest BCUT2D eigenvalue weighted by atomic mass is 10.0. The predicted molar refractivity (Wildman–Crippen MR) is 362 cm³/mol. The van der Waals surface area contributed by atoms with Gasteiger partial charge >= 0.3 is 17.9 Å². The lowest BCUT2D eigenvalue weighted by Crippen LogP contribution is -2.30. The van der Waals surface area contributed by atoms with E-state index in [1.807, 2.05) is 0 Å². The minimum atomic E-state index is -0.808. The van der Waals surface area contributed by atoms with Crippen molar-refractivity contribution in [3.05, 3.63) is 158 Å². The van der Waals surface area contributed by atoms with E-state index < -0.39 is 6.10 Å². The van der Waals surface area contributed by atoms with Crippen molar-refractivity contribution in [2.45, 2.75) is 297 Å². The molecule has 0 rings (SSSR count). The summed E-state index contributed by atoms with van der Waals surface area (Å²) >= 11 is 0. The summed E-state index contributed by atoms with van der Waals surface area (Å²) in [5.41, 5.74) is 0. The molecule has 0 saturated carbocycles. The Kier molecular flexibility index (Phi) is 65.4. The van der Waals surface area contributed by atoms with E-state index in [0.717, 1.165) is 154 Å². The average Bonchev–Trinajstić information content (AvgIpc) is 3.49. The first-order valence-electron chi connectivity index (χ1n) is 34.0. The van der Waals surface area contributed by atoms with Crippen LogP contribution in [0.2, 0.25) is 0 Å². The highest BCUT2D eigenvalue weighted by Crippen LogP contribution is 2.15. The predicted octanol–water partition coefficient (Wildman–Crippen LogP) is 23.7. The van der Waals surface area contributed by atoms with Crippen LogP contribution in [-0.4, -0.2) is 37.2 Å². The molecule has 0 heterocycles. The first-order chi connectivity index (χ1) is 41.0. The zero-order valence-corrected chi connectivity index (χ0v) is 53.7. The molecule has 468 valence electrons. The van der Waals surface area contributed by atoms with E-state index in [4.69, 9.17) is 14.2 Å². The van der Waals surface area contributed by atoms with Gasteiger partial charge in [-0.15, -0.1) is 0 Å². The van der Waals surface area contributed by atoms with Crippen molar-refractivity contribution in [1.29, 1.82) is 0 Å². The van der Waals surface area contributed by atoms with Crippen molar-refractivity contribution < 1.29 is 28.6 Å². The summed E-state index contributed by atoms with van der Waals surface area (Å²) in [6.45, 7) is 6.36. The van der Waals surface area contributed by atoms with Crippen molar-refractivity contribution in [1.82, 2.24) is 0 Å². The van der Waals surface area contributed by atoms with Gasteiger partial charge in [-0.3, -0.25) is 14.4 Å². The number of hydrogen-bond donors (Lipinski definition) is 0. The summed E-state index contributed by atoms with van der Waals surface area (Å²) in [6.07, 6.45) is 101. The normalized spacial score (nSPS) is 13.1. The molecule has 0 aromatic rings. The van der Waals surface area contributed by atoms with Crippen molar-refractivity contribution in [3.63, 3.8) is 0 Å². The van der Waals surface area contributed by atoms with E-state index in [1.54, 1.807) is 0 Å². The molecule has 0 aromatic carbocycles. The second kappa shape index (κ2) is 69.5. The molecule has 83 heavy (non-hydrogen) atoms. The molecule has 0 aromatic heterocycles. The maximum absolute atomic E-state index is 12.9. The highest BCUT2D eigenvalue weighted by Gasteiger charge is 2.19. The molecule has 0 aliphatic carbocycles. The third kappa shape index (κ3) is 67.7. The third-order valence-corrected chi connectivity index (χ3v) is 14.0. The molecule has 1 atom stereocenters. The van der Waals surface area contributed by atoms with Crippen LogP contribution in [0.4, 0.5) is 0 Å². The molecule has 0 amide bonds. The maximum atomic E-state index is 12.9. The quantitative estimate of drug-likeness (QED) is 0.0261. The van der Waals surface area contributed by atoms with Crippen molar-refractivity contribution in [2.75, 3.05) is 13.2 Å². The van der Waals surface area contributed by atoms with Crippen LogP contribution in [0.1, 0.15) is 290 Å². The van der Waals surface area contributed by atoms with Gasteiger partial charge in [0.25, 0.3) is 0 Å². The van der Waals surface area contributed by atoms with Gasteiger partial charge in [0, 0.05) is 19.3 Å². The minimum Gasteiger partial charge on any atom is -0.462 e. The van der Waals surface area contributed by atoms with E-state index in [0.29, 0.717) is 12.8 Å². The molecule has 0 bridgehead atoms. The average molecular weight is 1150 g/mol. The summed E-state index contributed by atoms with van der Waals surface area (Å²) in [5.74, 6) is -0.944. The van der Waals surface area contributed by atoms with E-state index in [9.17, 15) is 14.4 Å². The van der Waals surface area contributed by atoms with Crippen LogP contribution in [-0.2, 0) is 28.6 Å². The SMILES string of the molecule is CC/C=C\C/C=C\C/C=C\C/C=C\C/C=C\C/C=C\C/C=C\CCCCCCCCCCCCCC(=O)OCC(COC(=O)CCCCCCC/C=C\CCCCCC)OC(=O)CCCCC/C=C\C/C=C\C/C=C\C/C=C\C/C=C\CC. The van der Waals surface area contributed by atoms with Gasteiger partial charge in [-0.25, -0.2) is 0 Å². The van der Waals surface area contributed by atoms with Gasteiger partial charge < -0.3 is 14.2 Å². The summed E-state index contributed by atoms with van der Waals surface area (Å²) in [6, 6.07) is 0. The Hall–Kier alpha value is -4.97. The Labute approximate surface area is 511 Å². The molecule has 6 heteroatoms. The molecule has 0 N–H and O–H groups in total. The molecule has 0 spiro atoms. The molecule has 0 radical (unpaired) electrons. The van der Waals surface area contributed by atoms with Gasteiger partial charge in [-0.1, -0.05) is 281 Å². The zero-order valence-electron chi connectivity index (χ0n) is 53.7. The number of unbranched alkanes of at least 4 members (excludes halogenated alkanes) is 23. The smallest absolute Gasteiger partial charge is 0.306 e. The van der Waals surface area contributed by atoms with E-state index in [-0.39, 0.29) is 37.5 Å². The number of rotatable bonds is 60. The van der Waals surface area contributed by atoms with Gasteiger partial charge in [0.2, 0.25) is 0 Å². The van der Waals surface area contributed by atoms with Crippen LogP contribution in [0.5, 0.6) is 0 Å². The monoisotopic (exact) mass is 1140 g/mol. The lowest BCUT2D eigenvalue weighted by molar-refractivity contribution is -0.167. The molecule has 0 aliphatic rings.